The van der Waals surface area contributed by atoms with Crippen LogP contribution in [0.4, 0.5) is 5.69 Å². The molecule has 2 amide bonds. The van der Waals surface area contributed by atoms with Gasteiger partial charge >= 0.3 is 0 Å². The highest BCUT2D eigenvalue weighted by Crippen LogP contribution is 2.25. The van der Waals surface area contributed by atoms with Gasteiger partial charge in [-0.2, -0.15) is 5.10 Å². The van der Waals surface area contributed by atoms with E-state index in [4.69, 9.17) is 0 Å². The van der Waals surface area contributed by atoms with Crippen molar-refractivity contribution in [3.8, 4) is 5.69 Å². The molecule has 148 valence electrons. The maximum atomic E-state index is 13.2. The van der Waals surface area contributed by atoms with Crippen LogP contribution in [0.15, 0.2) is 54.7 Å². The van der Waals surface area contributed by atoms with Gasteiger partial charge in [-0.3, -0.25) is 9.59 Å². The van der Waals surface area contributed by atoms with E-state index in [1.807, 2.05) is 50.2 Å². The topological polar surface area (TPSA) is 67.2 Å². The first-order valence-electron chi connectivity index (χ1n) is 9.75. The Labute approximate surface area is 170 Å². The lowest BCUT2D eigenvalue weighted by Gasteiger charge is -2.20. The Morgan fingerprint density at radius 2 is 1.83 bits per heavy atom. The standard InChI is InChI=1S/C23H24N4O2/c1-15-9-10-17(22(28)25-18-11-12-18)13-21(15)26(3)23(29)20-14-24-27(16(20)2)19-7-5-4-6-8-19/h4-10,13-14,18H,11-12H2,1-3H3,(H,25,28). The average Bonchev–Trinajstić information content (AvgIpc) is 3.46. The first-order valence-corrected chi connectivity index (χ1v) is 9.75. The number of aromatic nitrogens is 2. The number of nitrogens with one attached hydrogen (secondary N) is 1. The minimum Gasteiger partial charge on any atom is -0.349 e. The molecule has 0 radical (unpaired) electrons. The van der Waals surface area contributed by atoms with Crippen LogP contribution in [0.5, 0.6) is 0 Å². The number of nitrogens with zero attached hydrogens (tertiary/aromatic N) is 3. The minimum atomic E-state index is -0.160. The van der Waals surface area contributed by atoms with Crippen LogP contribution >= 0.6 is 0 Å². The summed E-state index contributed by atoms with van der Waals surface area (Å²) < 4.78 is 1.76. The molecule has 1 aromatic heterocycles. The monoisotopic (exact) mass is 388 g/mol. The van der Waals surface area contributed by atoms with E-state index in [0.717, 1.165) is 29.8 Å². The van der Waals surface area contributed by atoms with Crippen molar-refractivity contribution in [1.82, 2.24) is 15.1 Å². The highest BCUT2D eigenvalue weighted by molar-refractivity contribution is 6.07. The summed E-state index contributed by atoms with van der Waals surface area (Å²) in [5.41, 5.74) is 4.41. The van der Waals surface area contributed by atoms with Crippen molar-refractivity contribution in [2.75, 3.05) is 11.9 Å². The number of carbonyl (C=O) groups excluding carboxylic acids is 2. The van der Waals surface area contributed by atoms with E-state index in [9.17, 15) is 9.59 Å². The van der Waals surface area contributed by atoms with E-state index in [0.29, 0.717) is 16.8 Å². The van der Waals surface area contributed by atoms with E-state index in [2.05, 4.69) is 10.4 Å². The summed E-state index contributed by atoms with van der Waals surface area (Å²) in [6.07, 6.45) is 3.67. The van der Waals surface area contributed by atoms with Crippen molar-refractivity contribution in [3.63, 3.8) is 0 Å². The van der Waals surface area contributed by atoms with Crippen molar-refractivity contribution >= 4 is 17.5 Å². The molecule has 1 N–H and O–H groups in total. The van der Waals surface area contributed by atoms with Gasteiger partial charge in [-0.25, -0.2) is 4.68 Å². The first kappa shape index (κ1) is 18.9. The van der Waals surface area contributed by atoms with Gasteiger partial charge in [-0.1, -0.05) is 24.3 Å². The van der Waals surface area contributed by atoms with Gasteiger partial charge in [-0.05, 0) is 56.5 Å². The zero-order chi connectivity index (χ0) is 20.5. The minimum absolute atomic E-state index is 0.0947. The quantitative estimate of drug-likeness (QED) is 0.725. The molecule has 0 saturated heterocycles. The SMILES string of the molecule is Cc1ccc(C(=O)NC2CC2)cc1N(C)C(=O)c1cnn(-c2ccccc2)c1C. The Balaban J connectivity index is 1.61. The highest BCUT2D eigenvalue weighted by atomic mass is 16.2. The summed E-state index contributed by atoms with van der Waals surface area (Å²) in [4.78, 5) is 27.2. The maximum Gasteiger partial charge on any atom is 0.261 e. The van der Waals surface area contributed by atoms with E-state index < -0.39 is 0 Å². The molecular formula is C23H24N4O2. The molecule has 6 nitrogen and oxygen atoms in total. The predicted octanol–water partition coefficient (Wildman–Crippen LogP) is 3.66. The third-order valence-corrected chi connectivity index (χ3v) is 5.29. The molecule has 29 heavy (non-hydrogen) atoms. The van der Waals surface area contributed by atoms with Crippen LogP contribution in [-0.2, 0) is 0 Å². The van der Waals surface area contributed by atoms with Gasteiger partial charge in [0.1, 0.15) is 0 Å². The Morgan fingerprint density at radius 1 is 1.10 bits per heavy atom. The third kappa shape index (κ3) is 3.78. The predicted molar refractivity (Wildman–Crippen MR) is 113 cm³/mol. The number of carbonyl (C=O) groups is 2. The second-order valence-electron chi connectivity index (χ2n) is 7.50. The summed E-state index contributed by atoms with van der Waals surface area (Å²) in [6, 6.07) is 15.5. The molecule has 4 rings (SSSR count). The molecule has 2 aromatic carbocycles. The van der Waals surface area contributed by atoms with E-state index in [-0.39, 0.29) is 17.9 Å². The maximum absolute atomic E-state index is 13.2. The molecular weight excluding hydrogens is 364 g/mol. The van der Waals surface area contributed by atoms with Gasteiger partial charge < -0.3 is 10.2 Å². The number of aryl methyl sites for hydroxylation is 1. The van der Waals surface area contributed by atoms with Crippen LogP contribution in [-0.4, -0.2) is 34.7 Å². The number of hydrogen-bond acceptors (Lipinski definition) is 3. The van der Waals surface area contributed by atoms with Gasteiger partial charge in [0.2, 0.25) is 0 Å². The van der Waals surface area contributed by atoms with Crippen LogP contribution < -0.4 is 10.2 Å². The summed E-state index contributed by atoms with van der Waals surface area (Å²) in [5, 5.41) is 7.39. The molecule has 1 fully saturated rings. The number of benzene rings is 2. The van der Waals surface area contributed by atoms with Gasteiger partial charge in [0, 0.05) is 24.3 Å². The van der Waals surface area contributed by atoms with Gasteiger partial charge in [0.25, 0.3) is 11.8 Å². The molecule has 0 spiro atoms. The Bertz CT molecular complexity index is 1070. The van der Waals surface area contributed by atoms with E-state index in [1.165, 1.54) is 0 Å². The highest BCUT2D eigenvalue weighted by Gasteiger charge is 2.25. The molecule has 0 aliphatic heterocycles. The molecule has 0 unspecified atom stereocenters. The lowest BCUT2D eigenvalue weighted by atomic mass is 10.1. The Hall–Kier alpha value is -3.41. The number of para-hydroxylation sites is 1. The molecule has 3 aromatic rings. The lowest BCUT2D eigenvalue weighted by molar-refractivity contribution is 0.0948. The fourth-order valence-electron chi connectivity index (χ4n) is 3.35. The fourth-order valence-corrected chi connectivity index (χ4v) is 3.35. The normalized spacial score (nSPS) is 13.2. The molecule has 6 heteroatoms. The number of rotatable bonds is 5. The van der Waals surface area contributed by atoms with Gasteiger partial charge in [-0.15, -0.1) is 0 Å². The van der Waals surface area contributed by atoms with Crippen molar-refractivity contribution in [3.05, 3.63) is 77.1 Å². The lowest BCUT2D eigenvalue weighted by Crippen LogP contribution is -2.29. The third-order valence-electron chi connectivity index (χ3n) is 5.29. The molecule has 1 aliphatic carbocycles. The molecule has 0 bridgehead atoms. The second-order valence-corrected chi connectivity index (χ2v) is 7.50. The first-order chi connectivity index (χ1) is 14.0. The van der Waals surface area contributed by atoms with Crippen LogP contribution in [0.1, 0.15) is 44.8 Å². The zero-order valence-electron chi connectivity index (χ0n) is 16.8. The summed E-state index contributed by atoms with van der Waals surface area (Å²) in [7, 11) is 1.73. The summed E-state index contributed by atoms with van der Waals surface area (Å²) in [6.45, 7) is 3.81. The van der Waals surface area contributed by atoms with Crippen molar-refractivity contribution in [1.29, 1.82) is 0 Å². The van der Waals surface area contributed by atoms with Crippen LogP contribution in [0.25, 0.3) is 5.69 Å². The Kier molecular flexibility index (Phi) is 4.92. The van der Waals surface area contributed by atoms with E-state index >= 15 is 0 Å². The molecule has 1 saturated carbocycles. The van der Waals surface area contributed by atoms with Crippen molar-refractivity contribution in [2.45, 2.75) is 32.7 Å². The van der Waals surface area contributed by atoms with E-state index in [1.54, 1.807) is 35.0 Å². The van der Waals surface area contributed by atoms with Crippen LogP contribution in [0.3, 0.4) is 0 Å². The van der Waals surface area contributed by atoms with Crippen molar-refractivity contribution < 1.29 is 9.59 Å². The zero-order valence-corrected chi connectivity index (χ0v) is 16.8. The van der Waals surface area contributed by atoms with Crippen LogP contribution in [0, 0.1) is 13.8 Å². The van der Waals surface area contributed by atoms with Crippen LogP contribution in [0.2, 0.25) is 0 Å². The second kappa shape index (κ2) is 7.54. The van der Waals surface area contributed by atoms with Gasteiger partial charge in [0.15, 0.2) is 0 Å². The average molecular weight is 388 g/mol. The van der Waals surface area contributed by atoms with Crippen molar-refractivity contribution in [2.24, 2.45) is 0 Å². The Morgan fingerprint density at radius 3 is 2.52 bits per heavy atom. The fraction of sp³-hybridized carbons (Fsp3) is 0.261. The van der Waals surface area contributed by atoms with Gasteiger partial charge in [0.05, 0.1) is 23.1 Å². The molecule has 1 aliphatic rings. The smallest absolute Gasteiger partial charge is 0.261 e. The number of hydrogen-bond donors (Lipinski definition) is 1. The number of amides is 2. The largest absolute Gasteiger partial charge is 0.349 e. The summed E-state index contributed by atoms with van der Waals surface area (Å²) >= 11 is 0. The summed E-state index contributed by atoms with van der Waals surface area (Å²) in [5.74, 6) is -0.254. The molecule has 0 atom stereocenters. The number of anilines is 1. The molecule has 1 heterocycles.